The number of benzene rings is 1. The molecular weight excluding hydrogens is 197 g/mol. The number of anilines is 1. The van der Waals surface area contributed by atoms with Gasteiger partial charge < -0.3 is 10.4 Å². The van der Waals surface area contributed by atoms with Crippen molar-refractivity contribution in [3.63, 3.8) is 0 Å². The summed E-state index contributed by atoms with van der Waals surface area (Å²) in [5.41, 5.74) is 1.18. The number of carboxylic acid groups (broad SMARTS) is 1. The van der Waals surface area contributed by atoms with Gasteiger partial charge in [-0.15, -0.1) is 0 Å². The third-order valence-electron chi connectivity index (χ3n) is 2.07. The first-order chi connectivity index (χ1) is 6.99. The van der Waals surface area contributed by atoms with Crippen LogP contribution >= 0.6 is 0 Å². The first-order valence-electron chi connectivity index (χ1n) is 4.73. The maximum Gasteiger partial charge on any atom is 0.305 e. The fourth-order valence-corrected chi connectivity index (χ4v) is 1.28. The Hall–Kier alpha value is -1.58. The lowest BCUT2D eigenvalue weighted by atomic mass is 10.2. The van der Waals surface area contributed by atoms with Gasteiger partial charge in [0.2, 0.25) is 0 Å². The summed E-state index contributed by atoms with van der Waals surface area (Å²) >= 11 is 0. The molecule has 2 N–H and O–H groups in total. The van der Waals surface area contributed by atoms with Crippen molar-refractivity contribution in [2.24, 2.45) is 0 Å². The van der Waals surface area contributed by atoms with Crippen LogP contribution in [-0.4, -0.2) is 17.1 Å². The van der Waals surface area contributed by atoms with Crippen molar-refractivity contribution >= 4 is 11.7 Å². The third kappa shape index (κ3) is 3.58. The van der Waals surface area contributed by atoms with Gasteiger partial charge in [0.15, 0.2) is 0 Å². The number of carbonyl (C=O) groups is 1. The maximum absolute atomic E-state index is 13.1. The molecule has 4 heteroatoms. The second-order valence-electron chi connectivity index (χ2n) is 3.61. The zero-order valence-corrected chi connectivity index (χ0v) is 8.75. The molecule has 1 rings (SSSR count). The van der Waals surface area contributed by atoms with Crippen LogP contribution in [-0.2, 0) is 4.79 Å². The SMILES string of the molecule is Cc1ccc(NC(C)CC(=O)O)cc1F. The molecule has 0 amide bonds. The largest absolute Gasteiger partial charge is 0.481 e. The highest BCUT2D eigenvalue weighted by molar-refractivity contribution is 5.68. The van der Waals surface area contributed by atoms with Gasteiger partial charge in [0.05, 0.1) is 6.42 Å². The zero-order chi connectivity index (χ0) is 11.4. The number of aliphatic carboxylic acids is 1. The first kappa shape index (κ1) is 11.5. The van der Waals surface area contributed by atoms with Crippen molar-refractivity contribution in [3.8, 4) is 0 Å². The van der Waals surface area contributed by atoms with Crippen LogP contribution in [0.1, 0.15) is 18.9 Å². The lowest BCUT2D eigenvalue weighted by molar-refractivity contribution is -0.137. The van der Waals surface area contributed by atoms with E-state index in [0.29, 0.717) is 11.3 Å². The van der Waals surface area contributed by atoms with Crippen molar-refractivity contribution in [1.82, 2.24) is 0 Å². The number of nitrogens with one attached hydrogen (secondary N) is 1. The standard InChI is InChI=1S/C11H14FNO2/c1-7-3-4-9(6-10(7)12)13-8(2)5-11(14)15/h3-4,6,8,13H,5H2,1-2H3,(H,14,15). The molecule has 0 spiro atoms. The van der Waals surface area contributed by atoms with E-state index in [9.17, 15) is 9.18 Å². The van der Waals surface area contributed by atoms with Gasteiger partial charge in [0.1, 0.15) is 5.82 Å². The van der Waals surface area contributed by atoms with E-state index in [1.807, 2.05) is 0 Å². The molecule has 1 aromatic rings. The number of hydrogen-bond acceptors (Lipinski definition) is 2. The molecule has 0 saturated heterocycles. The fourth-order valence-electron chi connectivity index (χ4n) is 1.28. The molecule has 0 aliphatic heterocycles. The van der Waals surface area contributed by atoms with E-state index < -0.39 is 5.97 Å². The van der Waals surface area contributed by atoms with E-state index in [4.69, 9.17) is 5.11 Å². The number of aryl methyl sites for hydroxylation is 1. The van der Waals surface area contributed by atoms with E-state index in [0.717, 1.165) is 0 Å². The topological polar surface area (TPSA) is 49.3 Å². The van der Waals surface area contributed by atoms with Gasteiger partial charge in [0.25, 0.3) is 0 Å². The van der Waals surface area contributed by atoms with Gasteiger partial charge in [-0.25, -0.2) is 4.39 Å². The minimum atomic E-state index is -0.873. The van der Waals surface area contributed by atoms with Crippen molar-refractivity contribution in [3.05, 3.63) is 29.6 Å². The zero-order valence-electron chi connectivity index (χ0n) is 8.75. The Kier molecular flexibility index (Phi) is 3.66. The second-order valence-corrected chi connectivity index (χ2v) is 3.61. The molecule has 0 saturated carbocycles. The van der Waals surface area contributed by atoms with Gasteiger partial charge in [-0.05, 0) is 31.5 Å². The van der Waals surface area contributed by atoms with Crippen LogP contribution < -0.4 is 5.32 Å². The number of hydrogen-bond donors (Lipinski definition) is 2. The highest BCUT2D eigenvalue weighted by Crippen LogP contribution is 2.15. The minimum Gasteiger partial charge on any atom is -0.481 e. The summed E-state index contributed by atoms with van der Waals surface area (Å²) in [6.45, 7) is 3.42. The summed E-state index contributed by atoms with van der Waals surface area (Å²) in [4.78, 5) is 10.4. The molecule has 0 aliphatic rings. The Labute approximate surface area is 87.9 Å². The Morgan fingerprint density at radius 1 is 1.60 bits per heavy atom. The summed E-state index contributed by atoms with van der Waals surface area (Å²) in [6.07, 6.45) is 0.00942. The predicted molar refractivity (Wildman–Crippen MR) is 56.5 cm³/mol. The Balaban J connectivity index is 2.64. The summed E-state index contributed by atoms with van der Waals surface area (Å²) in [5, 5.41) is 11.5. The van der Waals surface area contributed by atoms with Crippen LogP contribution in [0.4, 0.5) is 10.1 Å². The maximum atomic E-state index is 13.1. The quantitative estimate of drug-likeness (QED) is 0.804. The van der Waals surface area contributed by atoms with Crippen LogP contribution in [0, 0.1) is 12.7 Å². The summed E-state index contributed by atoms with van der Waals surface area (Å²) in [7, 11) is 0. The van der Waals surface area contributed by atoms with E-state index in [1.165, 1.54) is 6.07 Å². The molecule has 1 aromatic carbocycles. The molecule has 0 aliphatic carbocycles. The molecular formula is C11H14FNO2. The van der Waals surface area contributed by atoms with Crippen molar-refractivity contribution in [2.45, 2.75) is 26.3 Å². The van der Waals surface area contributed by atoms with Crippen molar-refractivity contribution < 1.29 is 14.3 Å². The molecule has 82 valence electrons. The van der Waals surface area contributed by atoms with Gasteiger partial charge in [-0.2, -0.15) is 0 Å². The smallest absolute Gasteiger partial charge is 0.305 e. The molecule has 0 aromatic heterocycles. The normalized spacial score (nSPS) is 12.2. The molecule has 15 heavy (non-hydrogen) atoms. The average Bonchev–Trinajstić information content (AvgIpc) is 2.10. The Morgan fingerprint density at radius 2 is 2.27 bits per heavy atom. The Bertz CT molecular complexity index is 366. The first-order valence-corrected chi connectivity index (χ1v) is 4.73. The summed E-state index contributed by atoms with van der Waals surface area (Å²) in [6, 6.07) is 4.54. The van der Waals surface area contributed by atoms with Crippen LogP contribution in [0.2, 0.25) is 0 Å². The van der Waals surface area contributed by atoms with Crippen molar-refractivity contribution in [2.75, 3.05) is 5.32 Å². The molecule has 0 bridgehead atoms. The molecule has 0 fully saturated rings. The number of rotatable bonds is 4. The van der Waals surface area contributed by atoms with Crippen LogP contribution in [0.15, 0.2) is 18.2 Å². The lowest BCUT2D eigenvalue weighted by Crippen LogP contribution is -2.19. The number of carboxylic acids is 1. The van der Waals surface area contributed by atoms with Crippen molar-refractivity contribution in [1.29, 1.82) is 0 Å². The summed E-state index contributed by atoms with van der Waals surface area (Å²) < 4.78 is 13.1. The van der Waals surface area contributed by atoms with Gasteiger partial charge >= 0.3 is 5.97 Å². The number of halogens is 1. The summed E-state index contributed by atoms with van der Waals surface area (Å²) in [5.74, 6) is -1.16. The molecule has 3 nitrogen and oxygen atoms in total. The van der Waals surface area contributed by atoms with E-state index in [1.54, 1.807) is 26.0 Å². The van der Waals surface area contributed by atoms with Crippen LogP contribution in [0.25, 0.3) is 0 Å². The molecule has 0 radical (unpaired) electrons. The fraction of sp³-hybridized carbons (Fsp3) is 0.364. The van der Waals surface area contributed by atoms with Gasteiger partial charge in [-0.3, -0.25) is 4.79 Å². The van der Waals surface area contributed by atoms with Crippen LogP contribution in [0.5, 0.6) is 0 Å². The van der Waals surface area contributed by atoms with E-state index >= 15 is 0 Å². The predicted octanol–water partition coefficient (Wildman–Crippen LogP) is 2.41. The highest BCUT2D eigenvalue weighted by Gasteiger charge is 2.07. The molecule has 0 heterocycles. The highest BCUT2D eigenvalue weighted by atomic mass is 19.1. The molecule has 1 atom stereocenters. The third-order valence-corrected chi connectivity index (χ3v) is 2.07. The van der Waals surface area contributed by atoms with Gasteiger partial charge in [0, 0.05) is 11.7 Å². The van der Waals surface area contributed by atoms with E-state index in [2.05, 4.69) is 5.32 Å². The van der Waals surface area contributed by atoms with E-state index in [-0.39, 0.29) is 18.3 Å². The van der Waals surface area contributed by atoms with Gasteiger partial charge in [-0.1, -0.05) is 6.07 Å². The lowest BCUT2D eigenvalue weighted by Gasteiger charge is -2.13. The minimum absolute atomic E-state index is 0.00942. The molecule has 1 unspecified atom stereocenters. The average molecular weight is 211 g/mol. The van der Waals surface area contributed by atoms with Crippen LogP contribution in [0.3, 0.4) is 0 Å². The second kappa shape index (κ2) is 4.77. The Morgan fingerprint density at radius 3 is 2.80 bits per heavy atom. The monoisotopic (exact) mass is 211 g/mol.